The van der Waals surface area contributed by atoms with E-state index < -0.39 is 17.8 Å². The molecule has 7 nitrogen and oxygen atoms in total. The molecule has 0 saturated heterocycles. The Balaban J connectivity index is 1.68. The second-order valence-electron chi connectivity index (χ2n) is 7.83. The molecule has 2 N–H and O–H groups in total. The van der Waals surface area contributed by atoms with Crippen molar-refractivity contribution in [1.82, 2.24) is 5.32 Å². The van der Waals surface area contributed by atoms with Crippen molar-refractivity contribution in [1.29, 1.82) is 5.26 Å². The summed E-state index contributed by atoms with van der Waals surface area (Å²) in [5, 5.41) is 23.3. The number of thiophene rings is 1. The highest BCUT2D eigenvalue weighted by Crippen LogP contribution is 2.42. The Kier molecular flexibility index (Phi) is 6.24. The van der Waals surface area contributed by atoms with Crippen molar-refractivity contribution in [2.75, 3.05) is 11.4 Å². The molecule has 2 aromatic carbocycles. The van der Waals surface area contributed by atoms with E-state index >= 15 is 0 Å². The van der Waals surface area contributed by atoms with Crippen molar-refractivity contribution in [3.8, 4) is 6.07 Å². The van der Waals surface area contributed by atoms with Crippen LogP contribution in [-0.2, 0) is 16.1 Å². The largest absolute Gasteiger partial charge is 0.481 e. The summed E-state index contributed by atoms with van der Waals surface area (Å²) < 4.78 is 0. The third-order valence-electron chi connectivity index (χ3n) is 5.77. The molecule has 0 aliphatic carbocycles. The van der Waals surface area contributed by atoms with Crippen molar-refractivity contribution in [2.24, 2.45) is 5.92 Å². The van der Waals surface area contributed by atoms with E-state index in [1.54, 1.807) is 60.8 Å². The minimum Gasteiger partial charge on any atom is -0.481 e. The number of carbonyl (C=O) groups excluding carboxylic acids is 2. The van der Waals surface area contributed by atoms with Gasteiger partial charge in [-0.1, -0.05) is 43.3 Å². The molecule has 2 heterocycles. The topological polar surface area (TPSA) is 110 Å². The van der Waals surface area contributed by atoms with Gasteiger partial charge in [0, 0.05) is 27.4 Å². The van der Waals surface area contributed by atoms with Crippen LogP contribution in [0.25, 0.3) is 0 Å². The van der Waals surface area contributed by atoms with Crippen LogP contribution < -0.4 is 10.2 Å². The molecule has 2 atom stereocenters. The zero-order valence-corrected chi connectivity index (χ0v) is 18.6. The number of benzene rings is 2. The highest BCUT2D eigenvalue weighted by molar-refractivity contribution is 7.10. The zero-order valence-electron chi connectivity index (χ0n) is 17.8. The van der Waals surface area contributed by atoms with Gasteiger partial charge in [-0.3, -0.25) is 19.3 Å². The first-order chi connectivity index (χ1) is 15.9. The van der Waals surface area contributed by atoms with E-state index in [4.69, 9.17) is 5.26 Å². The van der Waals surface area contributed by atoms with Gasteiger partial charge in [-0.15, -0.1) is 11.3 Å². The highest BCUT2D eigenvalue weighted by atomic mass is 32.1. The van der Waals surface area contributed by atoms with Crippen LogP contribution in [0.1, 0.15) is 44.8 Å². The molecule has 1 aromatic heterocycles. The van der Waals surface area contributed by atoms with Gasteiger partial charge in [-0.25, -0.2) is 0 Å². The number of anilines is 1. The van der Waals surface area contributed by atoms with Crippen LogP contribution in [-0.4, -0.2) is 29.4 Å². The van der Waals surface area contributed by atoms with Crippen LogP contribution >= 0.6 is 11.3 Å². The maximum absolute atomic E-state index is 13.6. The third kappa shape index (κ3) is 4.36. The average molecular weight is 460 g/mol. The van der Waals surface area contributed by atoms with E-state index in [0.29, 0.717) is 27.9 Å². The molecule has 0 fully saturated rings. The summed E-state index contributed by atoms with van der Waals surface area (Å²) in [5.41, 5.74) is 2.77. The molecule has 8 heteroatoms. The van der Waals surface area contributed by atoms with Gasteiger partial charge in [0.15, 0.2) is 0 Å². The van der Waals surface area contributed by atoms with Crippen LogP contribution in [0, 0.1) is 17.2 Å². The molecule has 0 saturated carbocycles. The van der Waals surface area contributed by atoms with E-state index in [0.717, 1.165) is 4.88 Å². The molecule has 2 amide bonds. The van der Waals surface area contributed by atoms with Gasteiger partial charge in [0.25, 0.3) is 5.91 Å². The second kappa shape index (κ2) is 9.27. The standard InChI is InChI=1S/C25H21N3O4S/c1-15(25(31)32)23-18-6-2-3-7-19(18)24(30)28(21-9-5-4-8-20(21)23)13-22(29)27-12-17-10-16(11-26)14-33-17/h2-10,14-15,23H,12-13H2,1H3,(H,27,29)(H,31,32). The maximum Gasteiger partial charge on any atom is 0.307 e. The fourth-order valence-corrected chi connectivity index (χ4v) is 4.89. The predicted molar refractivity (Wildman–Crippen MR) is 124 cm³/mol. The Labute approximate surface area is 194 Å². The summed E-state index contributed by atoms with van der Waals surface area (Å²) in [4.78, 5) is 40.5. The molecule has 0 radical (unpaired) electrons. The summed E-state index contributed by atoms with van der Waals surface area (Å²) in [7, 11) is 0. The van der Waals surface area contributed by atoms with Gasteiger partial charge in [0.1, 0.15) is 12.6 Å². The Morgan fingerprint density at radius 1 is 1.18 bits per heavy atom. The number of nitriles is 1. The molecule has 1 aliphatic heterocycles. The lowest BCUT2D eigenvalue weighted by Crippen LogP contribution is -2.40. The fraction of sp³-hybridized carbons (Fsp3) is 0.200. The quantitative estimate of drug-likeness (QED) is 0.583. The van der Waals surface area contributed by atoms with Crippen molar-refractivity contribution >= 4 is 34.8 Å². The van der Waals surface area contributed by atoms with Crippen LogP contribution in [0.3, 0.4) is 0 Å². The monoisotopic (exact) mass is 459 g/mol. The number of aliphatic carboxylic acids is 1. The normalized spacial score (nSPS) is 15.6. The van der Waals surface area contributed by atoms with Crippen molar-refractivity contribution in [3.63, 3.8) is 0 Å². The molecular weight excluding hydrogens is 438 g/mol. The molecule has 166 valence electrons. The number of hydrogen-bond acceptors (Lipinski definition) is 5. The predicted octanol–water partition coefficient (Wildman–Crippen LogP) is 3.75. The van der Waals surface area contributed by atoms with Crippen LogP contribution in [0.2, 0.25) is 0 Å². The molecule has 0 spiro atoms. The van der Waals surface area contributed by atoms with Crippen molar-refractivity contribution < 1.29 is 19.5 Å². The summed E-state index contributed by atoms with van der Waals surface area (Å²) >= 11 is 1.38. The van der Waals surface area contributed by atoms with E-state index in [1.807, 2.05) is 6.07 Å². The molecule has 33 heavy (non-hydrogen) atoms. The number of nitrogens with one attached hydrogen (secondary N) is 1. The number of nitrogens with zero attached hydrogens (tertiary/aromatic N) is 2. The Hall–Kier alpha value is -3.96. The number of carboxylic acid groups (broad SMARTS) is 1. The third-order valence-corrected chi connectivity index (χ3v) is 6.70. The number of hydrogen-bond donors (Lipinski definition) is 2. The lowest BCUT2D eigenvalue weighted by molar-refractivity contribution is -0.141. The fourth-order valence-electron chi connectivity index (χ4n) is 4.14. The van der Waals surface area contributed by atoms with Crippen molar-refractivity contribution in [2.45, 2.75) is 19.4 Å². The Morgan fingerprint density at radius 3 is 2.58 bits per heavy atom. The average Bonchev–Trinajstić information content (AvgIpc) is 3.26. The lowest BCUT2D eigenvalue weighted by atomic mass is 9.80. The number of fused-ring (bicyclic) bond motifs is 2. The van der Waals surface area contributed by atoms with Gasteiger partial charge in [-0.05, 0) is 29.3 Å². The lowest BCUT2D eigenvalue weighted by Gasteiger charge is -2.25. The van der Waals surface area contributed by atoms with Crippen LogP contribution in [0.5, 0.6) is 0 Å². The van der Waals surface area contributed by atoms with Gasteiger partial charge < -0.3 is 10.4 Å². The van der Waals surface area contributed by atoms with E-state index in [9.17, 15) is 19.5 Å². The zero-order chi connectivity index (χ0) is 23.5. The summed E-state index contributed by atoms with van der Waals surface area (Å²) in [5.74, 6) is -2.98. The Bertz CT molecular complexity index is 1280. The number of rotatable bonds is 6. The number of carbonyl (C=O) groups is 3. The van der Waals surface area contributed by atoms with Gasteiger partial charge in [0.05, 0.1) is 18.0 Å². The minimum absolute atomic E-state index is 0.213. The molecular formula is C25H21N3O4S. The van der Waals surface area contributed by atoms with E-state index in [-0.39, 0.29) is 24.9 Å². The van der Waals surface area contributed by atoms with Gasteiger partial charge in [0.2, 0.25) is 5.91 Å². The van der Waals surface area contributed by atoms with E-state index in [2.05, 4.69) is 11.4 Å². The molecule has 3 aromatic rings. The summed E-state index contributed by atoms with van der Waals surface area (Å²) in [6.45, 7) is 1.67. The maximum atomic E-state index is 13.6. The molecule has 4 rings (SSSR count). The first-order valence-corrected chi connectivity index (χ1v) is 11.3. The number of amides is 2. The van der Waals surface area contributed by atoms with Crippen molar-refractivity contribution in [3.05, 3.63) is 87.1 Å². The molecule has 1 aliphatic rings. The smallest absolute Gasteiger partial charge is 0.307 e. The molecule has 2 unspecified atom stereocenters. The first-order valence-electron chi connectivity index (χ1n) is 10.4. The summed E-state index contributed by atoms with van der Waals surface area (Å²) in [6.07, 6.45) is 0. The number of para-hydroxylation sites is 1. The van der Waals surface area contributed by atoms with Crippen LogP contribution in [0.15, 0.2) is 60.0 Å². The van der Waals surface area contributed by atoms with E-state index in [1.165, 1.54) is 16.2 Å². The van der Waals surface area contributed by atoms with Gasteiger partial charge in [-0.2, -0.15) is 5.26 Å². The number of carboxylic acids is 1. The van der Waals surface area contributed by atoms with Crippen LogP contribution in [0.4, 0.5) is 5.69 Å². The first kappa shape index (κ1) is 22.2. The van der Waals surface area contributed by atoms with Gasteiger partial charge >= 0.3 is 5.97 Å². The minimum atomic E-state index is -0.962. The highest BCUT2D eigenvalue weighted by Gasteiger charge is 2.37. The Morgan fingerprint density at radius 2 is 1.88 bits per heavy atom. The summed E-state index contributed by atoms with van der Waals surface area (Å²) in [6, 6.07) is 17.9. The SMILES string of the molecule is CC(C(=O)O)C1c2ccccc2C(=O)N(CC(=O)NCc2cc(C#N)cs2)c2ccccc21. The second-order valence-corrected chi connectivity index (χ2v) is 8.83. The molecule has 0 bridgehead atoms.